The molecule has 0 bridgehead atoms. The van der Waals surface area contributed by atoms with E-state index < -0.39 is 0 Å². The van der Waals surface area contributed by atoms with Gasteiger partial charge in [-0.05, 0) is 58.7 Å². The van der Waals surface area contributed by atoms with E-state index in [4.69, 9.17) is 0 Å². The topological polar surface area (TPSA) is 18.5 Å². The van der Waals surface area contributed by atoms with Gasteiger partial charge < -0.3 is 5.32 Å². The van der Waals surface area contributed by atoms with Gasteiger partial charge in [0.1, 0.15) is 0 Å². The molecule has 1 N–H and O–H groups in total. The van der Waals surface area contributed by atoms with E-state index in [1.54, 1.807) is 0 Å². The summed E-state index contributed by atoms with van der Waals surface area (Å²) in [6.07, 6.45) is 6.84. The number of nitrogens with one attached hydrogen (secondary N) is 1. The third-order valence-electron chi connectivity index (χ3n) is 5.55. The number of fused-ring (bicyclic) bond motifs is 1. The fraction of sp³-hybridized carbons (Fsp3) is 1.00. The molecule has 0 radical (unpaired) electrons. The summed E-state index contributed by atoms with van der Waals surface area (Å²) >= 11 is 0. The van der Waals surface area contributed by atoms with Crippen molar-refractivity contribution in [2.45, 2.75) is 63.6 Å². The summed E-state index contributed by atoms with van der Waals surface area (Å²) in [6, 6.07) is 1.72. The highest BCUT2D eigenvalue weighted by atomic mass is 15.3. The lowest BCUT2D eigenvalue weighted by Crippen LogP contribution is -2.52. The van der Waals surface area contributed by atoms with Crippen LogP contribution in [0, 0.1) is 0 Å². The van der Waals surface area contributed by atoms with Crippen LogP contribution in [0.25, 0.3) is 0 Å². The van der Waals surface area contributed by atoms with Crippen LogP contribution in [0.4, 0.5) is 0 Å². The van der Waals surface area contributed by atoms with Crippen LogP contribution >= 0.6 is 0 Å². The van der Waals surface area contributed by atoms with Crippen molar-refractivity contribution in [3.63, 3.8) is 0 Å². The molecule has 3 saturated heterocycles. The fourth-order valence-electron chi connectivity index (χ4n) is 4.26. The first-order chi connectivity index (χ1) is 8.72. The highest BCUT2D eigenvalue weighted by Crippen LogP contribution is 2.32. The predicted molar refractivity (Wildman–Crippen MR) is 75.9 cm³/mol. The van der Waals surface area contributed by atoms with Gasteiger partial charge >= 0.3 is 0 Å². The van der Waals surface area contributed by atoms with E-state index in [1.165, 1.54) is 64.8 Å². The number of rotatable bonds is 2. The second-order valence-corrected chi connectivity index (χ2v) is 6.77. The molecule has 0 aromatic rings. The monoisotopic (exact) mass is 251 g/mol. The van der Waals surface area contributed by atoms with E-state index in [0.717, 1.165) is 12.1 Å². The quantitative estimate of drug-likeness (QED) is 0.806. The van der Waals surface area contributed by atoms with Gasteiger partial charge in [-0.25, -0.2) is 0 Å². The maximum Gasteiger partial charge on any atom is 0.0277 e. The molecule has 0 aromatic heterocycles. The van der Waals surface area contributed by atoms with Crippen molar-refractivity contribution in [2.75, 3.05) is 32.7 Å². The molecule has 3 heteroatoms. The Morgan fingerprint density at radius 1 is 1.06 bits per heavy atom. The Kier molecular flexibility index (Phi) is 3.65. The highest BCUT2D eigenvalue weighted by Gasteiger charge is 2.42. The van der Waals surface area contributed by atoms with Crippen molar-refractivity contribution in [3.05, 3.63) is 0 Å². The van der Waals surface area contributed by atoms with Crippen molar-refractivity contribution >= 4 is 0 Å². The summed E-state index contributed by atoms with van der Waals surface area (Å²) in [6.45, 7) is 11.2. The molecule has 3 unspecified atom stereocenters. The SMILES string of the molecule is CCC1(C)CN(C2CCN3CCCC23)CCCN1. The molecule has 0 amide bonds. The minimum absolute atomic E-state index is 0.336. The van der Waals surface area contributed by atoms with Crippen molar-refractivity contribution < 1.29 is 0 Å². The normalized spacial score (nSPS) is 43.0. The van der Waals surface area contributed by atoms with Gasteiger partial charge in [0, 0.05) is 30.7 Å². The zero-order valence-electron chi connectivity index (χ0n) is 12.1. The third-order valence-corrected chi connectivity index (χ3v) is 5.55. The number of hydrogen-bond donors (Lipinski definition) is 1. The molecule has 0 aromatic carbocycles. The summed E-state index contributed by atoms with van der Waals surface area (Å²) in [5, 5.41) is 3.77. The fourth-order valence-corrected chi connectivity index (χ4v) is 4.26. The predicted octanol–water partition coefficient (Wildman–Crippen LogP) is 1.69. The Bertz CT molecular complexity index is 293. The molecule has 0 saturated carbocycles. The van der Waals surface area contributed by atoms with E-state index >= 15 is 0 Å². The summed E-state index contributed by atoms with van der Waals surface area (Å²) < 4.78 is 0. The number of hydrogen-bond acceptors (Lipinski definition) is 3. The lowest BCUT2D eigenvalue weighted by atomic mass is 9.96. The van der Waals surface area contributed by atoms with E-state index in [2.05, 4.69) is 29.0 Å². The second kappa shape index (κ2) is 5.10. The van der Waals surface area contributed by atoms with E-state index in [9.17, 15) is 0 Å². The van der Waals surface area contributed by atoms with Crippen LogP contribution in [0.5, 0.6) is 0 Å². The van der Waals surface area contributed by atoms with Gasteiger partial charge in [0.25, 0.3) is 0 Å². The zero-order chi connectivity index (χ0) is 12.6. The van der Waals surface area contributed by atoms with Crippen molar-refractivity contribution in [2.24, 2.45) is 0 Å². The van der Waals surface area contributed by atoms with Gasteiger partial charge in [-0.3, -0.25) is 9.80 Å². The second-order valence-electron chi connectivity index (χ2n) is 6.77. The van der Waals surface area contributed by atoms with Gasteiger partial charge in [0.2, 0.25) is 0 Å². The van der Waals surface area contributed by atoms with Gasteiger partial charge in [-0.1, -0.05) is 6.92 Å². The molecule has 3 aliphatic heterocycles. The van der Waals surface area contributed by atoms with E-state index in [0.29, 0.717) is 5.54 Å². The smallest absolute Gasteiger partial charge is 0.0277 e. The first kappa shape index (κ1) is 12.9. The average molecular weight is 251 g/mol. The molecular formula is C15H29N3. The third kappa shape index (κ3) is 2.33. The standard InChI is InChI=1S/C15H29N3/c1-3-15(2)12-18(10-5-8-16-15)14-7-11-17-9-4-6-13(14)17/h13-14,16H,3-12H2,1-2H3. The van der Waals surface area contributed by atoms with Crippen molar-refractivity contribution in [3.8, 4) is 0 Å². The molecule has 3 nitrogen and oxygen atoms in total. The Balaban J connectivity index is 1.70. The number of nitrogens with zero attached hydrogens (tertiary/aromatic N) is 2. The molecule has 3 aliphatic rings. The maximum atomic E-state index is 3.77. The van der Waals surface area contributed by atoms with Crippen LogP contribution in [0.2, 0.25) is 0 Å². The molecule has 104 valence electrons. The highest BCUT2D eigenvalue weighted by molar-refractivity contribution is 5.00. The molecule has 3 fully saturated rings. The average Bonchev–Trinajstić information content (AvgIpc) is 2.91. The van der Waals surface area contributed by atoms with Crippen LogP contribution < -0.4 is 5.32 Å². The molecule has 0 aliphatic carbocycles. The summed E-state index contributed by atoms with van der Waals surface area (Å²) in [4.78, 5) is 5.56. The molecule has 3 heterocycles. The van der Waals surface area contributed by atoms with Crippen LogP contribution in [0.1, 0.15) is 46.0 Å². The Hall–Kier alpha value is -0.120. The minimum atomic E-state index is 0.336. The van der Waals surface area contributed by atoms with E-state index in [1.807, 2.05) is 0 Å². The zero-order valence-corrected chi connectivity index (χ0v) is 12.1. The van der Waals surface area contributed by atoms with Crippen LogP contribution in [0.15, 0.2) is 0 Å². The first-order valence-electron chi connectivity index (χ1n) is 7.95. The lowest BCUT2D eigenvalue weighted by molar-refractivity contribution is 0.133. The Morgan fingerprint density at radius 2 is 1.83 bits per heavy atom. The molecule has 3 rings (SSSR count). The van der Waals surface area contributed by atoms with Crippen LogP contribution in [-0.4, -0.2) is 60.1 Å². The summed E-state index contributed by atoms with van der Waals surface area (Å²) in [5.41, 5.74) is 0.336. The van der Waals surface area contributed by atoms with Gasteiger partial charge in [-0.2, -0.15) is 0 Å². The van der Waals surface area contributed by atoms with E-state index in [-0.39, 0.29) is 0 Å². The molecular weight excluding hydrogens is 222 g/mol. The molecule has 0 spiro atoms. The molecule has 18 heavy (non-hydrogen) atoms. The maximum absolute atomic E-state index is 3.77. The molecule has 3 atom stereocenters. The lowest BCUT2D eigenvalue weighted by Gasteiger charge is -2.38. The van der Waals surface area contributed by atoms with Crippen LogP contribution in [-0.2, 0) is 0 Å². The first-order valence-corrected chi connectivity index (χ1v) is 7.95. The van der Waals surface area contributed by atoms with Gasteiger partial charge in [0.05, 0.1) is 0 Å². The van der Waals surface area contributed by atoms with Crippen molar-refractivity contribution in [1.82, 2.24) is 15.1 Å². The van der Waals surface area contributed by atoms with Gasteiger partial charge in [0.15, 0.2) is 0 Å². The van der Waals surface area contributed by atoms with Gasteiger partial charge in [-0.15, -0.1) is 0 Å². The van der Waals surface area contributed by atoms with Crippen molar-refractivity contribution in [1.29, 1.82) is 0 Å². The Morgan fingerprint density at radius 3 is 2.67 bits per heavy atom. The summed E-state index contributed by atoms with van der Waals surface area (Å²) in [5.74, 6) is 0. The van der Waals surface area contributed by atoms with Crippen LogP contribution in [0.3, 0.4) is 0 Å². The summed E-state index contributed by atoms with van der Waals surface area (Å²) in [7, 11) is 0. The Labute approximate surface area is 112 Å². The largest absolute Gasteiger partial charge is 0.310 e. The minimum Gasteiger partial charge on any atom is -0.310 e.